The molecule has 0 aromatic heterocycles. The largest absolute Gasteiger partial charge is 0.312 e. The second kappa shape index (κ2) is 9.89. The van der Waals surface area contributed by atoms with Gasteiger partial charge in [-0.2, -0.15) is 0 Å². The summed E-state index contributed by atoms with van der Waals surface area (Å²) >= 11 is 0. The van der Waals surface area contributed by atoms with Crippen molar-refractivity contribution in [3.63, 3.8) is 0 Å². The first-order chi connectivity index (χ1) is 12.7. The van der Waals surface area contributed by atoms with Gasteiger partial charge in [0.25, 0.3) is 0 Å². The van der Waals surface area contributed by atoms with Crippen LogP contribution in [0.1, 0.15) is 47.9 Å². The maximum Gasteiger partial charge on any atom is 0.0205 e. The lowest BCUT2D eigenvalue weighted by Gasteiger charge is -2.29. The van der Waals surface area contributed by atoms with Crippen LogP contribution in [0.3, 0.4) is 0 Å². The molecule has 1 fully saturated rings. The lowest BCUT2D eigenvalue weighted by Crippen LogP contribution is -2.31. The van der Waals surface area contributed by atoms with Crippen molar-refractivity contribution in [3.05, 3.63) is 70.8 Å². The highest BCUT2D eigenvalue weighted by atomic mass is 14.9. The molecular weight excluding hydrogens is 316 g/mol. The van der Waals surface area contributed by atoms with Crippen molar-refractivity contribution in [3.8, 4) is 0 Å². The summed E-state index contributed by atoms with van der Waals surface area (Å²) in [5.41, 5.74) is 5.50. The molecule has 1 saturated carbocycles. The lowest BCUT2D eigenvalue weighted by atomic mass is 9.81. The Labute approximate surface area is 159 Å². The Balaban J connectivity index is 1.35. The van der Waals surface area contributed by atoms with Gasteiger partial charge in [0.15, 0.2) is 0 Å². The first-order valence-electron chi connectivity index (χ1n) is 10.2. The summed E-state index contributed by atoms with van der Waals surface area (Å²) in [5, 5.41) is 7.37. The number of rotatable bonds is 8. The zero-order chi connectivity index (χ0) is 18.2. The first-order valence-corrected chi connectivity index (χ1v) is 10.2. The SMILES string of the molecule is Cc1cccc(CNCC2CCCC(CNCc3cccc(C)c3)C2)c1. The van der Waals surface area contributed by atoms with Crippen LogP contribution in [-0.4, -0.2) is 13.1 Å². The van der Waals surface area contributed by atoms with Gasteiger partial charge in [0.05, 0.1) is 0 Å². The van der Waals surface area contributed by atoms with Gasteiger partial charge >= 0.3 is 0 Å². The van der Waals surface area contributed by atoms with Gasteiger partial charge in [-0.15, -0.1) is 0 Å². The van der Waals surface area contributed by atoms with Crippen molar-refractivity contribution in [2.75, 3.05) is 13.1 Å². The fourth-order valence-electron chi connectivity index (χ4n) is 4.26. The van der Waals surface area contributed by atoms with Crippen LogP contribution in [0.5, 0.6) is 0 Å². The first kappa shape index (κ1) is 19.1. The van der Waals surface area contributed by atoms with Crippen LogP contribution < -0.4 is 10.6 Å². The molecule has 1 aliphatic carbocycles. The van der Waals surface area contributed by atoms with Crippen molar-refractivity contribution in [1.82, 2.24) is 10.6 Å². The molecule has 0 radical (unpaired) electrons. The molecule has 2 aromatic rings. The van der Waals surface area contributed by atoms with Gasteiger partial charge in [-0.3, -0.25) is 0 Å². The number of hydrogen-bond acceptors (Lipinski definition) is 2. The smallest absolute Gasteiger partial charge is 0.0205 e. The van der Waals surface area contributed by atoms with E-state index in [9.17, 15) is 0 Å². The summed E-state index contributed by atoms with van der Waals surface area (Å²) < 4.78 is 0. The van der Waals surface area contributed by atoms with Crippen molar-refractivity contribution < 1.29 is 0 Å². The summed E-state index contributed by atoms with van der Waals surface area (Å²) in [6, 6.07) is 17.7. The Morgan fingerprint density at radius 2 is 1.27 bits per heavy atom. The third-order valence-electron chi connectivity index (χ3n) is 5.58. The standard InChI is InChI=1S/C24H34N2/c1-19-6-3-8-21(12-19)15-25-17-23-10-5-11-24(14-23)18-26-16-22-9-4-7-20(2)13-22/h3-4,6-9,12-13,23-26H,5,10-11,14-18H2,1-2H3. The summed E-state index contributed by atoms with van der Waals surface area (Å²) in [5.74, 6) is 1.67. The molecular formula is C24H34N2. The highest BCUT2D eigenvalue weighted by molar-refractivity contribution is 5.22. The molecule has 140 valence electrons. The van der Waals surface area contributed by atoms with Gasteiger partial charge in [0.1, 0.15) is 0 Å². The molecule has 2 nitrogen and oxygen atoms in total. The van der Waals surface area contributed by atoms with Crippen LogP contribution >= 0.6 is 0 Å². The number of hydrogen-bond donors (Lipinski definition) is 2. The van der Waals surface area contributed by atoms with E-state index in [-0.39, 0.29) is 0 Å². The summed E-state index contributed by atoms with van der Waals surface area (Å²) in [4.78, 5) is 0. The van der Waals surface area contributed by atoms with E-state index in [2.05, 4.69) is 73.0 Å². The van der Waals surface area contributed by atoms with E-state index in [1.165, 1.54) is 47.9 Å². The van der Waals surface area contributed by atoms with Crippen molar-refractivity contribution in [2.45, 2.75) is 52.6 Å². The molecule has 2 N–H and O–H groups in total. The molecule has 0 spiro atoms. The Hall–Kier alpha value is -1.64. The summed E-state index contributed by atoms with van der Waals surface area (Å²) in [7, 11) is 0. The number of aryl methyl sites for hydroxylation is 2. The van der Waals surface area contributed by atoms with E-state index in [0.717, 1.165) is 38.0 Å². The van der Waals surface area contributed by atoms with Gasteiger partial charge in [-0.1, -0.05) is 66.1 Å². The fraction of sp³-hybridized carbons (Fsp3) is 0.500. The Kier molecular flexibility index (Phi) is 7.28. The summed E-state index contributed by atoms with van der Waals surface area (Å²) in [6.07, 6.45) is 5.51. The van der Waals surface area contributed by atoms with Crippen LogP contribution in [0.2, 0.25) is 0 Å². The quantitative estimate of drug-likeness (QED) is 0.701. The highest BCUT2D eigenvalue weighted by Gasteiger charge is 2.21. The third kappa shape index (κ3) is 6.26. The second-order valence-corrected chi connectivity index (χ2v) is 8.14. The maximum absolute atomic E-state index is 3.69. The molecule has 0 amide bonds. The molecule has 26 heavy (non-hydrogen) atoms. The van der Waals surface area contributed by atoms with E-state index >= 15 is 0 Å². The molecule has 3 rings (SSSR count). The lowest BCUT2D eigenvalue weighted by molar-refractivity contribution is 0.252. The Morgan fingerprint density at radius 1 is 0.769 bits per heavy atom. The van der Waals surface area contributed by atoms with Gasteiger partial charge < -0.3 is 10.6 Å². The molecule has 0 saturated heterocycles. The van der Waals surface area contributed by atoms with Crippen LogP contribution in [-0.2, 0) is 13.1 Å². The minimum Gasteiger partial charge on any atom is -0.312 e. The zero-order valence-corrected chi connectivity index (χ0v) is 16.4. The van der Waals surface area contributed by atoms with Crippen LogP contribution in [0.15, 0.2) is 48.5 Å². The molecule has 0 bridgehead atoms. The van der Waals surface area contributed by atoms with E-state index in [0.29, 0.717) is 0 Å². The second-order valence-electron chi connectivity index (χ2n) is 8.14. The van der Waals surface area contributed by atoms with Gasteiger partial charge in [0.2, 0.25) is 0 Å². The minimum absolute atomic E-state index is 0.833. The predicted octanol–water partition coefficient (Wildman–Crippen LogP) is 4.99. The molecule has 0 aliphatic heterocycles. The predicted molar refractivity (Wildman–Crippen MR) is 111 cm³/mol. The fourth-order valence-corrected chi connectivity index (χ4v) is 4.26. The highest BCUT2D eigenvalue weighted by Crippen LogP contribution is 2.28. The average Bonchev–Trinajstić information content (AvgIpc) is 2.62. The van der Waals surface area contributed by atoms with Crippen molar-refractivity contribution >= 4 is 0 Å². The molecule has 1 aliphatic rings. The molecule has 0 heterocycles. The van der Waals surface area contributed by atoms with Crippen LogP contribution in [0.4, 0.5) is 0 Å². The monoisotopic (exact) mass is 350 g/mol. The van der Waals surface area contributed by atoms with E-state index in [1.54, 1.807) is 0 Å². The van der Waals surface area contributed by atoms with Crippen LogP contribution in [0, 0.1) is 25.7 Å². The Morgan fingerprint density at radius 3 is 1.73 bits per heavy atom. The van der Waals surface area contributed by atoms with E-state index < -0.39 is 0 Å². The molecule has 2 atom stereocenters. The van der Waals surface area contributed by atoms with Crippen molar-refractivity contribution in [1.29, 1.82) is 0 Å². The minimum atomic E-state index is 0.833. The number of nitrogens with one attached hydrogen (secondary N) is 2. The van der Waals surface area contributed by atoms with Crippen LogP contribution in [0.25, 0.3) is 0 Å². The zero-order valence-electron chi connectivity index (χ0n) is 16.4. The number of benzene rings is 2. The van der Waals surface area contributed by atoms with Gasteiger partial charge in [0, 0.05) is 13.1 Å². The van der Waals surface area contributed by atoms with Gasteiger partial charge in [-0.05, 0) is 69.2 Å². The maximum atomic E-state index is 3.69. The summed E-state index contributed by atoms with van der Waals surface area (Å²) in [6.45, 7) is 8.63. The third-order valence-corrected chi connectivity index (χ3v) is 5.58. The topological polar surface area (TPSA) is 24.1 Å². The molecule has 2 aromatic carbocycles. The van der Waals surface area contributed by atoms with E-state index in [1.807, 2.05) is 0 Å². The van der Waals surface area contributed by atoms with Crippen molar-refractivity contribution in [2.24, 2.45) is 11.8 Å². The van der Waals surface area contributed by atoms with Gasteiger partial charge in [-0.25, -0.2) is 0 Å². The Bertz CT molecular complexity index is 622. The molecule has 2 heteroatoms. The average molecular weight is 351 g/mol. The molecule has 2 unspecified atom stereocenters. The normalized spacial score (nSPS) is 20.2. The van der Waals surface area contributed by atoms with E-state index in [4.69, 9.17) is 0 Å².